The second kappa shape index (κ2) is 5.33. The smallest absolute Gasteiger partial charge is 0.0897 e. The van der Waals surface area contributed by atoms with Gasteiger partial charge in [0.2, 0.25) is 0 Å². The van der Waals surface area contributed by atoms with Gasteiger partial charge in [-0.3, -0.25) is 0 Å². The van der Waals surface area contributed by atoms with Gasteiger partial charge in [-0.25, -0.2) is 4.98 Å². The van der Waals surface area contributed by atoms with Gasteiger partial charge in [0.05, 0.1) is 11.6 Å². The summed E-state index contributed by atoms with van der Waals surface area (Å²) in [5.74, 6) is 0. The molecule has 0 fully saturated rings. The van der Waals surface area contributed by atoms with E-state index in [0.29, 0.717) is 0 Å². The lowest BCUT2D eigenvalue weighted by atomic mass is 10.3. The van der Waals surface area contributed by atoms with E-state index in [9.17, 15) is 0 Å². The first-order chi connectivity index (χ1) is 7.65. The summed E-state index contributed by atoms with van der Waals surface area (Å²) in [6.45, 7) is 2.82. The summed E-state index contributed by atoms with van der Waals surface area (Å²) in [4.78, 5) is 5.46. The first-order valence-electron chi connectivity index (χ1n) is 4.75. The molecule has 0 atom stereocenters. The Balaban J connectivity index is 2.04. The molecule has 0 spiro atoms. The summed E-state index contributed by atoms with van der Waals surface area (Å²) in [5, 5.41) is 5.24. The molecule has 0 aliphatic heterocycles. The van der Waals surface area contributed by atoms with Crippen molar-refractivity contribution in [2.75, 3.05) is 5.32 Å². The lowest BCUT2D eigenvalue weighted by Gasteiger charge is -2.07. The van der Waals surface area contributed by atoms with Crippen molar-refractivity contribution in [2.45, 2.75) is 13.5 Å². The van der Waals surface area contributed by atoms with Crippen LogP contribution < -0.4 is 5.32 Å². The molecule has 0 unspecified atom stereocenters. The second-order valence-corrected chi connectivity index (χ2v) is 6.24. The molecule has 2 aromatic rings. The van der Waals surface area contributed by atoms with Gasteiger partial charge in [0.15, 0.2) is 0 Å². The zero-order valence-electron chi connectivity index (χ0n) is 8.63. The third-order valence-corrected chi connectivity index (χ3v) is 4.09. The largest absolute Gasteiger partial charge is 0.379 e. The number of halogens is 2. The van der Waals surface area contributed by atoms with Crippen LogP contribution in [-0.4, -0.2) is 4.98 Å². The second-order valence-electron chi connectivity index (χ2n) is 3.32. The maximum absolute atomic E-state index is 5.90. The Morgan fingerprint density at radius 1 is 1.50 bits per heavy atom. The summed E-state index contributed by atoms with van der Waals surface area (Å²) in [6.07, 6.45) is 1.91. The molecule has 0 bridgehead atoms. The number of anilines is 1. The van der Waals surface area contributed by atoms with Gasteiger partial charge in [0, 0.05) is 25.4 Å². The van der Waals surface area contributed by atoms with Crippen LogP contribution in [0.3, 0.4) is 0 Å². The van der Waals surface area contributed by atoms with Crippen LogP contribution >= 0.6 is 45.5 Å². The van der Waals surface area contributed by atoms with E-state index < -0.39 is 0 Å². The van der Waals surface area contributed by atoms with Gasteiger partial charge in [-0.2, -0.15) is 0 Å². The fourth-order valence-electron chi connectivity index (χ4n) is 1.30. The summed E-state index contributed by atoms with van der Waals surface area (Å²) < 4.78 is 1.13. The lowest BCUT2D eigenvalue weighted by molar-refractivity contribution is 1.16. The SMILES string of the molecule is Cc1ncc(CNc2ccc(Cl)cc2I)s1. The van der Waals surface area contributed by atoms with E-state index in [0.717, 1.165) is 25.8 Å². The summed E-state index contributed by atoms with van der Waals surface area (Å²) in [5.41, 5.74) is 1.11. The highest BCUT2D eigenvalue weighted by Gasteiger charge is 2.02. The van der Waals surface area contributed by atoms with Gasteiger partial charge in [-0.1, -0.05) is 11.6 Å². The number of aryl methyl sites for hydroxylation is 1. The molecule has 0 aliphatic carbocycles. The van der Waals surface area contributed by atoms with Crippen LogP contribution in [0.2, 0.25) is 5.02 Å². The number of nitrogens with one attached hydrogen (secondary N) is 1. The Morgan fingerprint density at radius 3 is 2.94 bits per heavy atom. The lowest BCUT2D eigenvalue weighted by Crippen LogP contribution is -1.99. The zero-order valence-corrected chi connectivity index (χ0v) is 12.4. The Labute approximate surface area is 117 Å². The monoisotopic (exact) mass is 364 g/mol. The number of hydrogen-bond donors (Lipinski definition) is 1. The Hall–Kier alpha value is -0.330. The van der Waals surface area contributed by atoms with Crippen LogP contribution in [0.15, 0.2) is 24.4 Å². The normalized spacial score (nSPS) is 10.4. The fraction of sp³-hybridized carbons (Fsp3) is 0.182. The predicted octanol–water partition coefficient (Wildman–Crippen LogP) is 4.32. The molecule has 2 rings (SSSR count). The molecule has 1 heterocycles. The molecule has 0 saturated carbocycles. The fourth-order valence-corrected chi connectivity index (χ4v) is 3.10. The van der Waals surface area contributed by atoms with Gasteiger partial charge in [-0.05, 0) is 47.7 Å². The molecule has 5 heteroatoms. The van der Waals surface area contributed by atoms with Crippen molar-refractivity contribution in [1.29, 1.82) is 0 Å². The Kier molecular flexibility index (Phi) is 4.05. The quantitative estimate of drug-likeness (QED) is 0.820. The van der Waals surface area contributed by atoms with E-state index in [2.05, 4.69) is 32.9 Å². The number of rotatable bonds is 3. The van der Waals surface area contributed by atoms with E-state index >= 15 is 0 Å². The molecule has 0 aliphatic rings. The van der Waals surface area contributed by atoms with Crippen LogP contribution in [0, 0.1) is 10.5 Å². The average Bonchev–Trinajstić information content (AvgIpc) is 2.63. The Morgan fingerprint density at radius 2 is 2.31 bits per heavy atom. The zero-order chi connectivity index (χ0) is 11.5. The van der Waals surface area contributed by atoms with Crippen LogP contribution in [0.4, 0.5) is 5.69 Å². The molecule has 1 aromatic heterocycles. The highest BCUT2D eigenvalue weighted by Crippen LogP contribution is 2.23. The number of hydrogen-bond acceptors (Lipinski definition) is 3. The van der Waals surface area contributed by atoms with E-state index in [1.807, 2.05) is 31.3 Å². The highest BCUT2D eigenvalue weighted by atomic mass is 127. The minimum atomic E-state index is 0.767. The highest BCUT2D eigenvalue weighted by molar-refractivity contribution is 14.1. The number of nitrogens with zero attached hydrogens (tertiary/aromatic N) is 1. The molecule has 16 heavy (non-hydrogen) atoms. The number of aromatic nitrogens is 1. The predicted molar refractivity (Wildman–Crippen MR) is 78.3 cm³/mol. The summed E-state index contributed by atoms with van der Waals surface area (Å²) in [6, 6.07) is 5.84. The van der Waals surface area contributed by atoms with Crippen molar-refractivity contribution in [3.05, 3.63) is 42.9 Å². The first-order valence-corrected chi connectivity index (χ1v) is 7.03. The van der Waals surface area contributed by atoms with Crippen molar-refractivity contribution in [2.24, 2.45) is 0 Å². The van der Waals surface area contributed by atoms with Crippen LogP contribution in [0.1, 0.15) is 9.88 Å². The maximum atomic E-state index is 5.90. The minimum Gasteiger partial charge on any atom is -0.379 e. The van der Waals surface area contributed by atoms with E-state index in [-0.39, 0.29) is 0 Å². The van der Waals surface area contributed by atoms with E-state index in [1.165, 1.54) is 4.88 Å². The first kappa shape index (κ1) is 12.1. The van der Waals surface area contributed by atoms with Gasteiger partial charge in [0.1, 0.15) is 0 Å². The molecular weight excluding hydrogens is 355 g/mol. The minimum absolute atomic E-state index is 0.767. The number of thiazole rings is 1. The van der Waals surface area contributed by atoms with Gasteiger partial charge >= 0.3 is 0 Å². The van der Waals surface area contributed by atoms with Crippen molar-refractivity contribution in [1.82, 2.24) is 4.98 Å². The van der Waals surface area contributed by atoms with Gasteiger partial charge in [-0.15, -0.1) is 11.3 Å². The maximum Gasteiger partial charge on any atom is 0.0897 e. The van der Waals surface area contributed by atoms with Gasteiger partial charge in [0.25, 0.3) is 0 Å². The molecule has 1 N–H and O–H groups in total. The van der Waals surface area contributed by atoms with E-state index in [4.69, 9.17) is 11.6 Å². The van der Waals surface area contributed by atoms with Crippen LogP contribution in [0.5, 0.6) is 0 Å². The van der Waals surface area contributed by atoms with Crippen LogP contribution in [0.25, 0.3) is 0 Å². The molecular formula is C11H10ClIN2S. The molecule has 84 valence electrons. The van der Waals surface area contributed by atoms with E-state index in [1.54, 1.807) is 11.3 Å². The third-order valence-electron chi connectivity index (χ3n) is 2.05. The molecule has 2 nitrogen and oxygen atoms in total. The van der Waals surface area contributed by atoms with Gasteiger partial charge < -0.3 is 5.32 Å². The summed E-state index contributed by atoms with van der Waals surface area (Å²) in [7, 11) is 0. The standard InChI is InChI=1S/C11H10ClIN2S/c1-7-14-5-9(16-7)6-15-11-3-2-8(12)4-10(11)13/h2-5,15H,6H2,1H3. The van der Waals surface area contributed by atoms with Crippen molar-refractivity contribution in [3.8, 4) is 0 Å². The number of benzene rings is 1. The van der Waals surface area contributed by atoms with Crippen molar-refractivity contribution < 1.29 is 0 Å². The third kappa shape index (κ3) is 3.09. The summed E-state index contributed by atoms with van der Waals surface area (Å²) >= 11 is 9.89. The van der Waals surface area contributed by atoms with Crippen molar-refractivity contribution >= 4 is 51.2 Å². The molecule has 1 aromatic carbocycles. The molecule has 0 radical (unpaired) electrons. The van der Waals surface area contributed by atoms with Crippen molar-refractivity contribution in [3.63, 3.8) is 0 Å². The molecule has 0 amide bonds. The topological polar surface area (TPSA) is 24.9 Å². The Bertz CT molecular complexity index is 498. The van der Waals surface area contributed by atoms with Crippen LogP contribution in [-0.2, 0) is 6.54 Å². The average molecular weight is 365 g/mol. The molecule has 0 saturated heterocycles.